The first-order valence-corrected chi connectivity index (χ1v) is 11.4. The number of hydrogen-bond acceptors (Lipinski definition) is 5. The number of aryl methyl sites for hydroxylation is 1. The number of carbonyl (C=O) groups excluding carboxylic acids is 1. The first kappa shape index (κ1) is 22.7. The molecular formula is C24H27FN2O3S. The normalized spacial score (nSPS) is 10.7. The van der Waals surface area contributed by atoms with E-state index >= 15 is 0 Å². The van der Waals surface area contributed by atoms with Gasteiger partial charge in [0.2, 0.25) is 5.91 Å². The lowest BCUT2D eigenvalue weighted by Gasteiger charge is -2.13. The minimum atomic E-state index is -0.291. The highest BCUT2D eigenvalue weighted by Gasteiger charge is 2.11. The van der Waals surface area contributed by atoms with Crippen molar-refractivity contribution in [2.75, 3.05) is 18.5 Å². The van der Waals surface area contributed by atoms with Crippen molar-refractivity contribution in [1.29, 1.82) is 0 Å². The zero-order valence-electron chi connectivity index (χ0n) is 17.8. The summed E-state index contributed by atoms with van der Waals surface area (Å²) in [5.41, 5.74) is 2.52. The van der Waals surface area contributed by atoms with Gasteiger partial charge >= 0.3 is 0 Å². The molecule has 1 N–H and O–H groups in total. The number of aromatic nitrogens is 1. The smallest absolute Gasteiger partial charge is 0.226 e. The van der Waals surface area contributed by atoms with Crippen LogP contribution in [0.5, 0.6) is 11.5 Å². The first-order valence-electron chi connectivity index (χ1n) is 10.5. The summed E-state index contributed by atoms with van der Waals surface area (Å²) < 4.78 is 24.6. The molecule has 0 atom stereocenters. The molecule has 0 bridgehead atoms. The van der Waals surface area contributed by atoms with Crippen LogP contribution in [0.4, 0.5) is 9.52 Å². The van der Waals surface area contributed by atoms with Crippen molar-refractivity contribution >= 4 is 22.4 Å². The zero-order chi connectivity index (χ0) is 22.1. The Kier molecular flexibility index (Phi) is 8.41. The summed E-state index contributed by atoms with van der Waals surface area (Å²) >= 11 is 1.35. The fourth-order valence-corrected chi connectivity index (χ4v) is 3.68. The van der Waals surface area contributed by atoms with E-state index in [4.69, 9.17) is 9.47 Å². The summed E-state index contributed by atoms with van der Waals surface area (Å²) in [6, 6.07) is 11.9. The number of rotatable bonds is 11. The van der Waals surface area contributed by atoms with E-state index < -0.39 is 0 Å². The summed E-state index contributed by atoms with van der Waals surface area (Å²) in [4.78, 5) is 16.8. The molecule has 0 unspecified atom stereocenters. The number of hydrogen-bond donors (Lipinski definition) is 1. The van der Waals surface area contributed by atoms with Crippen molar-refractivity contribution in [3.8, 4) is 22.8 Å². The third-order valence-electron chi connectivity index (χ3n) is 4.59. The Balaban J connectivity index is 1.55. The standard InChI is InChI=1S/C24H27FN2O3S/c1-3-5-14-30-21-12-6-17(15-22(21)29-4-2)7-13-23(28)27-24-26-20(16-31-24)18-8-10-19(25)11-9-18/h6,8-12,15-16H,3-5,7,13-14H2,1-2H3,(H,26,27,28). The number of benzene rings is 2. The average Bonchev–Trinajstić information content (AvgIpc) is 3.23. The molecule has 31 heavy (non-hydrogen) atoms. The lowest BCUT2D eigenvalue weighted by atomic mass is 10.1. The van der Waals surface area contributed by atoms with Gasteiger partial charge in [0.1, 0.15) is 5.82 Å². The van der Waals surface area contributed by atoms with Crippen LogP contribution in [-0.4, -0.2) is 24.1 Å². The monoisotopic (exact) mass is 442 g/mol. The van der Waals surface area contributed by atoms with E-state index in [0.717, 1.165) is 29.7 Å². The Morgan fingerprint density at radius 3 is 2.65 bits per heavy atom. The summed E-state index contributed by atoms with van der Waals surface area (Å²) in [6.45, 7) is 5.26. The lowest BCUT2D eigenvalue weighted by molar-refractivity contribution is -0.116. The number of halogens is 1. The quantitative estimate of drug-likeness (QED) is 0.365. The fourth-order valence-electron chi connectivity index (χ4n) is 2.95. The van der Waals surface area contributed by atoms with Gasteiger partial charge in [0, 0.05) is 17.4 Å². The molecule has 1 heterocycles. The first-order chi connectivity index (χ1) is 15.1. The van der Waals surface area contributed by atoms with Crippen LogP contribution in [0.2, 0.25) is 0 Å². The van der Waals surface area contributed by atoms with Gasteiger partial charge in [-0.1, -0.05) is 19.4 Å². The number of ether oxygens (including phenoxy) is 2. The van der Waals surface area contributed by atoms with Gasteiger partial charge in [0.15, 0.2) is 16.6 Å². The van der Waals surface area contributed by atoms with E-state index in [-0.39, 0.29) is 11.7 Å². The molecule has 1 amide bonds. The van der Waals surface area contributed by atoms with E-state index in [1.165, 1.54) is 23.5 Å². The van der Waals surface area contributed by atoms with Crippen LogP contribution in [0.15, 0.2) is 47.8 Å². The summed E-state index contributed by atoms with van der Waals surface area (Å²) in [7, 11) is 0. The van der Waals surface area contributed by atoms with Crippen LogP contribution in [-0.2, 0) is 11.2 Å². The lowest BCUT2D eigenvalue weighted by Crippen LogP contribution is -2.12. The maximum Gasteiger partial charge on any atom is 0.226 e. The molecule has 2 aromatic carbocycles. The van der Waals surface area contributed by atoms with Crippen LogP contribution in [0.3, 0.4) is 0 Å². The maximum absolute atomic E-state index is 13.1. The molecular weight excluding hydrogens is 415 g/mol. The van der Waals surface area contributed by atoms with Crippen molar-refractivity contribution < 1.29 is 18.7 Å². The molecule has 0 spiro atoms. The second kappa shape index (κ2) is 11.5. The molecule has 1 aromatic heterocycles. The Bertz CT molecular complexity index is 989. The molecule has 0 fully saturated rings. The van der Waals surface area contributed by atoms with Crippen LogP contribution in [0.25, 0.3) is 11.3 Å². The van der Waals surface area contributed by atoms with Gasteiger partial charge in [-0.3, -0.25) is 4.79 Å². The van der Waals surface area contributed by atoms with E-state index in [1.807, 2.05) is 30.5 Å². The number of thiazole rings is 1. The fraction of sp³-hybridized carbons (Fsp3) is 0.333. The van der Waals surface area contributed by atoms with E-state index in [0.29, 0.717) is 42.6 Å². The molecule has 0 radical (unpaired) electrons. The number of unbranched alkanes of at least 4 members (excludes halogenated alkanes) is 1. The van der Waals surface area contributed by atoms with Crippen molar-refractivity contribution in [2.24, 2.45) is 0 Å². The minimum Gasteiger partial charge on any atom is -0.490 e. The Morgan fingerprint density at radius 1 is 1.10 bits per heavy atom. The van der Waals surface area contributed by atoms with Crippen LogP contribution >= 0.6 is 11.3 Å². The number of amides is 1. The van der Waals surface area contributed by atoms with Crippen molar-refractivity contribution in [3.05, 3.63) is 59.2 Å². The molecule has 0 saturated carbocycles. The van der Waals surface area contributed by atoms with Crippen LogP contribution in [0.1, 0.15) is 38.7 Å². The topological polar surface area (TPSA) is 60.5 Å². The highest BCUT2D eigenvalue weighted by atomic mass is 32.1. The molecule has 3 aromatic rings. The van der Waals surface area contributed by atoms with Gasteiger partial charge < -0.3 is 14.8 Å². The predicted octanol–water partition coefficient (Wildman–Crippen LogP) is 6.10. The number of carbonyl (C=O) groups is 1. The van der Waals surface area contributed by atoms with Crippen molar-refractivity contribution in [3.63, 3.8) is 0 Å². The summed E-state index contributed by atoms with van der Waals surface area (Å²) in [6.07, 6.45) is 2.97. The van der Waals surface area contributed by atoms with Gasteiger partial charge in [-0.15, -0.1) is 11.3 Å². The van der Waals surface area contributed by atoms with Gasteiger partial charge in [-0.25, -0.2) is 9.37 Å². The predicted molar refractivity (Wildman–Crippen MR) is 122 cm³/mol. The molecule has 0 aliphatic rings. The zero-order valence-corrected chi connectivity index (χ0v) is 18.6. The Morgan fingerprint density at radius 2 is 1.90 bits per heavy atom. The number of nitrogens with one attached hydrogen (secondary N) is 1. The molecule has 5 nitrogen and oxygen atoms in total. The van der Waals surface area contributed by atoms with Crippen molar-refractivity contribution in [1.82, 2.24) is 4.98 Å². The van der Waals surface area contributed by atoms with E-state index in [9.17, 15) is 9.18 Å². The molecule has 7 heteroatoms. The Labute approximate surface area is 186 Å². The summed E-state index contributed by atoms with van der Waals surface area (Å²) in [5, 5.41) is 5.21. The molecule has 164 valence electrons. The molecule has 3 rings (SSSR count). The number of anilines is 1. The Hall–Kier alpha value is -2.93. The largest absolute Gasteiger partial charge is 0.490 e. The second-order valence-electron chi connectivity index (χ2n) is 7.01. The third-order valence-corrected chi connectivity index (χ3v) is 5.35. The van der Waals surface area contributed by atoms with Gasteiger partial charge in [-0.2, -0.15) is 0 Å². The van der Waals surface area contributed by atoms with Crippen molar-refractivity contribution in [2.45, 2.75) is 39.5 Å². The molecule has 0 aliphatic carbocycles. The highest BCUT2D eigenvalue weighted by Crippen LogP contribution is 2.29. The third kappa shape index (κ3) is 6.79. The van der Waals surface area contributed by atoms with Crippen LogP contribution < -0.4 is 14.8 Å². The van der Waals surface area contributed by atoms with Crippen LogP contribution in [0, 0.1) is 5.82 Å². The van der Waals surface area contributed by atoms with Gasteiger partial charge in [0.05, 0.1) is 18.9 Å². The highest BCUT2D eigenvalue weighted by molar-refractivity contribution is 7.14. The minimum absolute atomic E-state index is 0.110. The van der Waals surface area contributed by atoms with E-state index in [1.54, 1.807) is 12.1 Å². The average molecular weight is 443 g/mol. The maximum atomic E-state index is 13.1. The van der Waals surface area contributed by atoms with Gasteiger partial charge in [-0.05, 0) is 61.7 Å². The van der Waals surface area contributed by atoms with Gasteiger partial charge in [0.25, 0.3) is 0 Å². The van der Waals surface area contributed by atoms with E-state index in [2.05, 4.69) is 17.2 Å². The SMILES string of the molecule is CCCCOc1ccc(CCC(=O)Nc2nc(-c3ccc(F)cc3)cs2)cc1OCC. The molecule has 0 aliphatic heterocycles. The summed E-state index contributed by atoms with van der Waals surface area (Å²) in [5.74, 6) is 1.04. The molecule has 0 saturated heterocycles. The second-order valence-corrected chi connectivity index (χ2v) is 7.87. The number of nitrogens with zero attached hydrogens (tertiary/aromatic N) is 1.